The predicted molar refractivity (Wildman–Crippen MR) is 462 cm³/mol. The van der Waals surface area contributed by atoms with Crippen molar-refractivity contribution in [3.05, 3.63) is 393 Å². The summed E-state index contributed by atoms with van der Waals surface area (Å²) in [5.74, 6) is -2.08. The molecule has 642 valence electrons. The van der Waals surface area contributed by atoms with E-state index >= 15 is 4.79 Å². The minimum Gasteiger partial charge on any atom is -0.508 e. The molecule has 0 fully saturated rings. The number of carbonyl (C=O) groups excluding carboxylic acids is 2. The van der Waals surface area contributed by atoms with E-state index in [-0.39, 0.29) is 130 Å². The topological polar surface area (TPSA) is 375 Å². The third-order valence-corrected chi connectivity index (χ3v) is 20.3. The summed E-state index contributed by atoms with van der Waals surface area (Å²) in [7, 11) is 0. The number of benzene rings is 14. The molecule has 0 saturated carbocycles. The minimum atomic E-state index is -1.07. The number of aromatic hydroxyl groups is 8. The first-order valence-corrected chi connectivity index (χ1v) is 39.4. The molecule has 25 heteroatoms. The number of carbonyl (C=O) groups is 2. The number of hydrogen-bond donors (Lipinski definition) is 10. The molecule has 0 bridgehead atoms. The van der Waals surface area contributed by atoms with Gasteiger partial charge in [0.2, 0.25) is 11.5 Å². The fraction of sp³-hybridized carbons (Fsp3) is 0.140. The van der Waals surface area contributed by atoms with Crippen LogP contribution in [0.2, 0.25) is 0 Å². The van der Waals surface area contributed by atoms with Gasteiger partial charge in [0.1, 0.15) is 99.6 Å². The molecule has 2 amide bonds. The second-order valence-corrected chi connectivity index (χ2v) is 29.1. The maximum Gasteiger partial charge on any atom is 0.251 e. The number of rotatable bonds is 30. The Hall–Kier alpha value is -15.0. The maximum atomic E-state index is 15.7. The summed E-state index contributed by atoms with van der Waals surface area (Å²) in [6, 6.07) is 95.4. The van der Waals surface area contributed by atoms with Crippen LogP contribution in [0.25, 0.3) is 0 Å². The number of nitrogens with one attached hydrogen (secondary N) is 2. The Morgan fingerprint density at radius 2 is 0.576 bits per heavy atom. The van der Waals surface area contributed by atoms with Crippen molar-refractivity contribution < 1.29 is 129 Å². The van der Waals surface area contributed by atoms with Crippen molar-refractivity contribution in [2.75, 3.05) is 0 Å². The molecule has 0 radical (unpaired) electrons. The Bertz CT molecular complexity index is 5740. The van der Waals surface area contributed by atoms with E-state index in [1.165, 1.54) is 6.07 Å². The van der Waals surface area contributed by atoms with Crippen LogP contribution in [-0.4, -0.2) is 75.7 Å². The van der Waals surface area contributed by atoms with Crippen LogP contribution >= 0.6 is 0 Å². The standard InChI is InChI=1S/C78H67NO10.C22H19NO10.2H2O.Pd/c80-78(65-43-73(85-52-60-33-17-5-18-34-60)77(88-55-63-39-23-8-24-40-63)74(44-65)86-53-61-35-19-6-20-36-61)79-68-47-67-69(82-49-57-27-11-2-12-28-57)45-66(81-48-56-25-9-1-10-26-56)46-70(67)89-75(68)64-41-71(83-50-58-29-13-3-14-30-58)76(87-54-62-37-21-7-22-38-62)72(42-64)84-51-59-31-15-4-16-32-59;24-10-5-13(25)11-7-12(23-22(32)9-3-16(28)20(31)17(29)4-9)21(33-18(11)6-10)8-1-14(26)19(30)15(27)2-8;;;/h1-46,68,75H,47-55H2,(H,79,80);1-6,12,21,24-31H,7H2,(H,23,32);2*1H2;/t68-,75-;12-,21-;;;/m11.../s1. The normalized spacial score (nSPS) is 13.9. The van der Waals surface area contributed by atoms with Crippen LogP contribution < -0.4 is 58.0 Å². The van der Waals surface area contributed by atoms with E-state index in [4.69, 9.17) is 47.4 Å². The molecule has 2 aliphatic heterocycles. The molecule has 4 atom stereocenters. The fourth-order valence-corrected chi connectivity index (χ4v) is 14.1. The largest absolute Gasteiger partial charge is 0.508 e. The number of phenols is 8. The van der Waals surface area contributed by atoms with Crippen LogP contribution in [-0.2, 0) is 86.1 Å². The Labute approximate surface area is 734 Å². The van der Waals surface area contributed by atoms with Gasteiger partial charge in [-0.15, -0.1) is 0 Å². The Kier molecular flexibility index (Phi) is 30.3. The second-order valence-electron chi connectivity index (χ2n) is 29.1. The van der Waals surface area contributed by atoms with Crippen molar-refractivity contribution >= 4 is 11.8 Å². The van der Waals surface area contributed by atoms with Crippen LogP contribution in [0.3, 0.4) is 0 Å². The summed E-state index contributed by atoms with van der Waals surface area (Å²) in [5.41, 5.74) is 9.51. The first-order valence-electron chi connectivity index (χ1n) is 39.4. The molecule has 0 unspecified atom stereocenters. The summed E-state index contributed by atoms with van der Waals surface area (Å²) in [6.07, 6.45) is -1.71. The monoisotopic (exact) mass is 1780 g/mol. The molecule has 16 rings (SSSR count). The first kappa shape index (κ1) is 89.3. The summed E-state index contributed by atoms with van der Waals surface area (Å²) in [5, 5.41) is 84.5. The zero-order chi connectivity index (χ0) is 84.3. The van der Waals surface area contributed by atoms with Gasteiger partial charge in [-0.05, 0) is 93.0 Å². The molecule has 125 heavy (non-hydrogen) atoms. The molecule has 14 N–H and O–H groups in total. The smallest absolute Gasteiger partial charge is 0.251 e. The van der Waals surface area contributed by atoms with Gasteiger partial charge in [0.25, 0.3) is 11.8 Å². The van der Waals surface area contributed by atoms with Crippen LogP contribution in [0.4, 0.5) is 0 Å². The van der Waals surface area contributed by atoms with Gasteiger partial charge in [-0.3, -0.25) is 9.59 Å². The van der Waals surface area contributed by atoms with Gasteiger partial charge in [-0.2, -0.15) is 0 Å². The molecule has 0 spiro atoms. The Morgan fingerprint density at radius 3 is 0.928 bits per heavy atom. The zero-order valence-corrected chi connectivity index (χ0v) is 68.8. The van der Waals surface area contributed by atoms with Gasteiger partial charge in [0.15, 0.2) is 57.5 Å². The van der Waals surface area contributed by atoms with Gasteiger partial charge in [-0.1, -0.05) is 243 Å². The average molecular weight is 1780 g/mol. The van der Waals surface area contributed by atoms with E-state index in [0.29, 0.717) is 63.9 Å². The third-order valence-electron chi connectivity index (χ3n) is 20.3. The summed E-state index contributed by atoms with van der Waals surface area (Å²) >= 11 is 0. The van der Waals surface area contributed by atoms with Crippen molar-refractivity contribution in [1.82, 2.24) is 10.6 Å². The second kappa shape index (κ2) is 42.5. The number of phenolic OH excluding ortho intramolecular Hbond substituents is 8. The molecule has 2 heterocycles. The molecule has 0 aromatic heterocycles. The van der Waals surface area contributed by atoms with Gasteiger partial charge >= 0.3 is 0 Å². The average Bonchev–Trinajstić information content (AvgIpc) is 0.764. The maximum absolute atomic E-state index is 15.7. The van der Waals surface area contributed by atoms with E-state index < -0.39 is 70.6 Å². The van der Waals surface area contributed by atoms with Crippen molar-refractivity contribution in [2.45, 2.75) is 90.0 Å². The Balaban J connectivity index is 0.000000332. The zero-order valence-electron chi connectivity index (χ0n) is 67.2. The predicted octanol–water partition coefficient (Wildman–Crippen LogP) is 16.9. The summed E-state index contributed by atoms with van der Waals surface area (Å²) in [6.45, 7) is 1.84. The van der Waals surface area contributed by atoms with E-state index in [1.807, 2.05) is 267 Å². The fourth-order valence-electron chi connectivity index (χ4n) is 14.1. The van der Waals surface area contributed by atoms with Crippen LogP contribution in [0.1, 0.15) is 99.7 Å². The van der Waals surface area contributed by atoms with Gasteiger partial charge in [0.05, 0.1) is 12.1 Å². The van der Waals surface area contributed by atoms with Crippen molar-refractivity contribution in [3.8, 4) is 103 Å². The van der Waals surface area contributed by atoms with Gasteiger partial charge in [-0.25, -0.2) is 0 Å². The van der Waals surface area contributed by atoms with Crippen LogP contribution in [0, 0.1) is 0 Å². The molecular formula is C100H90N2O22Pd. The molecule has 14 aromatic carbocycles. The van der Waals surface area contributed by atoms with Crippen molar-refractivity contribution in [2.24, 2.45) is 0 Å². The SMILES string of the molecule is O.O.O=C(N[C@@H]1Cc2c(O)cc(O)cc2O[C@@H]1c1cc(O)c(O)c(O)c1)c1cc(O)c(O)c(O)c1.O=C(N[C@@H]1Cc2c(OCc3ccccc3)cc(OCc3ccccc3)cc2O[C@@H]1c1cc(OCc2ccccc2)c(OCc2ccccc2)c(OCc2ccccc2)c1)c1cc(OCc2ccccc2)c(OCc2ccccc2)c(OCc2ccccc2)c1.[Pd]. The van der Waals surface area contributed by atoms with Crippen LogP contribution in [0.5, 0.6) is 103 Å². The number of fused-ring (bicyclic) bond motifs is 2. The van der Waals surface area contributed by atoms with E-state index in [0.717, 1.165) is 80.4 Å². The molecule has 0 saturated heterocycles. The number of amides is 2. The van der Waals surface area contributed by atoms with E-state index in [9.17, 15) is 45.6 Å². The van der Waals surface area contributed by atoms with Gasteiger partial charge in [0, 0.05) is 90.9 Å². The van der Waals surface area contributed by atoms with E-state index in [2.05, 4.69) is 10.6 Å². The molecule has 2 aliphatic rings. The number of ether oxygens (including phenoxy) is 10. The third kappa shape index (κ3) is 23.0. The minimum absolute atomic E-state index is 0. The van der Waals surface area contributed by atoms with E-state index in [1.54, 1.807) is 12.1 Å². The Morgan fingerprint density at radius 1 is 0.296 bits per heavy atom. The molecular weight excluding hydrogens is 1690 g/mol. The molecule has 24 nitrogen and oxygen atoms in total. The summed E-state index contributed by atoms with van der Waals surface area (Å²) in [4.78, 5) is 28.5. The molecule has 0 aliphatic carbocycles. The molecule has 14 aromatic rings. The van der Waals surface area contributed by atoms with Crippen LogP contribution in [0.15, 0.2) is 315 Å². The first-order chi connectivity index (χ1) is 59.5. The summed E-state index contributed by atoms with van der Waals surface area (Å²) < 4.78 is 67.1. The van der Waals surface area contributed by atoms with Crippen molar-refractivity contribution in [3.63, 3.8) is 0 Å². The quantitative estimate of drug-likeness (QED) is 0.0148. The van der Waals surface area contributed by atoms with Crippen molar-refractivity contribution in [1.29, 1.82) is 0 Å². The number of hydrogen-bond acceptors (Lipinski definition) is 20. The van der Waals surface area contributed by atoms with Gasteiger partial charge < -0.3 is 110 Å².